The molecular formula is C14H13ClN2O. The highest BCUT2D eigenvalue weighted by atomic mass is 35.5. The molecular weight excluding hydrogens is 248 g/mol. The Morgan fingerprint density at radius 3 is 2.83 bits per heavy atom. The fraction of sp³-hybridized carbons (Fsp3) is 0.143. The minimum atomic E-state index is -0.137. The molecule has 0 radical (unpaired) electrons. The summed E-state index contributed by atoms with van der Waals surface area (Å²) in [6.45, 7) is 2.33. The molecule has 0 fully saturated rings. The fourth-order valence-corrected chi connectivity index (χ4v) is 1.75. The van der Waals surface area contributed by atoms with Crippen molar-refractivity contribution in [3.05, 3.63) is 64.4 Å². The average Bonchev–Trinajstić information content (AvgIpc) is 2.37. The summed E-state index contributed by atoms with van der Waals surface area (Å²) in [5, 5.41) is 3.49. The number of aryl methyl sites for hydroxylation is 1. The Morgan fingerprint density at radius 2 is 2.17 bits per heavy atom. The number of nitrogens with zero attached hydrogens (tertiary/aromatic N) is 1. The third kappa shape index (κ3) is 3.31. The molecule has 2 aromatic rings. The quantitative estimate of drug-likeness (QED) is 0.922. The van der Waals surface area contributed by atoms with Crippen molar-refractivity contribution in [1.29, 1.82) is 0 Å². The van der Waals surface area contributed by atoms with Crippen LogP contribution in [0.5, 0.6) is 0 Å². The van der Waals surface area contributed by atoms with E-state index in [1.165, 1.54) is 0 Å². The molecule has 0 aliphatic heterocycles. The predicted octanol–water partition coefficient (Wildman–Crippen LogP) is 2.97. The van der Waals surface area contributed by atoms with E-state index in [-0.39, 0.29) is 5.91 Å². The van der Waals surface area contributed by atoms with Crippen molar-refractivity contribution in [2.24, 2.45) is 0 Å². The van der Waals surface area contributed by atoms with Gasteiger partial charge in [-0.05, 0) is 36.8 Å². The van der Waals surface area contributed by atoms with Crippen LogP contribution in [0.15, 0.2) is 42.6 Å². The van der Waals surface area contributed by atoms with Crippen LogP contribution in [0.1, 0.15) is 21.6 Å². The summed E-state index contributed by atoms with van der Waals surface area (Å²) in [4.78, 5) is 15.9. The lowest BCUT2D eigenvalue weighted by atomic mass is 10.2. The van der Waals surface area contributed by atoms with Gasteiger partial charge in [0.2, 0.25) is 0 Å². The molecule has 4 heteroatoms. The van der Waals surface area contributed by atoms with E-state index in [9.17, 15) is 4.79 Å². The zero-order valence-corrected chi connectivity index (χ0v) is 10.7. The molecule has 3 nitrogen and oxygen atoms in total. The van der Waals surface area contributed by atoms with Crippen LogP contribution in [-0.4, -0.2) is 10.9 Å². The number of benzene rings is 1. The van der Waals surface area contributed by atoms with E-state index in [0.717, 1.165) is 11.3 Å². The van der Waals surface area contributed by atoms with Crippen molar-refractivity contribution in [1.82, 2.24) is 10.3 Å². The number of hydrogen-bond donors (Lipinski definition) is 1. The average molecular weight is 261 g/mol. The van der Waals surface area contributed by atoms with E-state index in [1.54, 1.807) is 18.3 Å². The van der Waals surface area contributed by atoms with Crippen LogP contribution in [0.3, 0.4) is 0 Å². The molecule has 0 bridgehead atoms. The summed E-state index contributed by atoms with van der Waals surface area (Å²) >= 11 is 5.87. The standard InChI is InChI=1S/C14H13ClN2O/c1-10-5-6-12(9-16-10)14(18)17-8-11-3-2-4-13(15)7-11/h2-7,9H,8H2,1H3,(H,17,18). The molecule has 1 heterocycles. The summed E-state index contributed by atoms with van der Waals surface area (Å²) in [6, 6.07) is 11.0. The Kier molecular flexibility index (Phi) is 3.95. The van der Waals surface area contributed by atoms with E-state index in [1.807, 2.05) is 31.2 Å². The molecule has 0 atom stereocenters. The highest BCUT2D eigenvalue weighted by molar-refractivity contribution is 6.30. The largest absolute Gasteiger partial charge is 0.348 e. The number of halogens is 1. The highest BCUT2D eigenvalue weighted by Gasteiger charge is 2.05. The van der Waals surface area contributed by atoms with E-state index < -0.39 is 0 Å². The Bertz CT molecular complexity index is 552. The van der Waals surface area contributed by atoms with Crippen molar-refractivity contribution in [3.63, 3.8) is 0 Å². The number of aromatic nitrogens is 1. The van der Waals surface area contributed by atoms with Crippen LogP contribution in [0.25, 0.3) is 0 Å². The lowest BCUT2D eigenvalue weighted by Gasteiger charge is -2.05. The van der Waals surface area contributed by atoms with Crippen molar-refractivity contribution >= 4 is 17.5 Å². The number of pyridine rings is 1. The van der Waals surface area contributed by atoms with Gasteiger partial charge in [-0.3, -0.25) is 9.78 Å². The van der Waals surface area contributed by atoms with Gasteiger partial charge in [0.25, 0.3) is 5.91 Å². The molecule has 0 aliphatic rings. The number of carbonyl (C=O) groups is 1. The van der Waals surface area contributed by atoms with Crippen LogP contribution < -0.4 is 5.32 Å². The van der Waals surface area contributed by atoms with Crippen LogP contribution in [0.4, 0.5) is 0 Å². The summed E-state index contributed by atoms with van der Waals surface area (Å²) in [7, 11) is 0. The molecule has 0 saturated carbocycles. The second-order valence-corrected chi connectivity index (χ2v) is 4.44. The van der Waals surface area contributed by atoms with Crippen molar-refractivity contribution in [2.45, 2.75) is 13.5 Å². The van der Waals surface area contributed by atoms with Gasteiger partial charge in [-0.25, -0.2) is 0 Å². The van der Waals surface area contributed by atoms with Gasteiger partial charge in [-0.1, -0.05) is 23.7 Å². The van der Waals surface area contributed by atoms with Gasteiger partial charge in [0.15, 0.2) is 0 Å². The molecule has 0 aliphatic carbocycles. The Labute approximate surface area is 111 Å². The Balaban J connectivity index is 1.98. The zero-order chi connectivity index (χ0) is 13.0. The van der Waals surface area contributed by atoms with Crippen molar-refractivity contribution in [2.75, 3.05) is 0 Å². The predicted molar refractivity (Wildman–Crippen MR) is 71.6 cm³/mol. The van der Waals surface area contributed by atoms with Gasteiger partial charge in [-0.15, -0.1) is 0 Å². The molecule has 18 heavy (non-hydrogen) atoms. The van der Waals surface area contributed by atoms with E-state index in [0.29, 0.717) is 17.1 Å². The molecule has 1 N–H and O–H groups in total. The second-order valence-electron chi connectivity index (χ2n) is 4.00. The summed E-state index contributed by atoms with van der Waals surface area (Å²) in [6.07, 6.45) is 1.57. The normalized spacial score (nSPS) is 10.1. The molecule has 1 aromatic heterocycles. The lowest BCUT2D eigenvalue weighted by molar-refractivity contribution is 0.0950. The Hall–Kier alpha value is -1.87. The number of nitrogens with one attached hydrogen (secondary N) is 1. The van der Waals surface area contributed by atoms with Gasteiger partial charge in [0.05, 0.1) is 5.56 Å². The minimum Gasteiger partial charge on any atom is -0.348 e. The van der Waals surface area contributed by atoms with Gasteiger partial charge in [0.1, 0.15) is 0 Å². The smallest absolute Gasteiger partial charge is 0.253 e. The summed E-state index contributed by atoms with van der Waals surface area (Å²) < 4.78 is 0. The maximum Gasteiger partial charge on any atom is 0.253 e. The monoisotopic (exact) mass is 260 g/mol. The van der Waals surface area contributed by atoms with Crippen molar-refractivity contribution < 1.29 is 4.79 Å². The maximum absolute atomic E-state index is 11.8. The van der Waals surface area contributed by atoms with Crippen LogP contribution in [-0.2, 0) is 6.54 Å². The van der Waals surface area contributed by atoms with Gasteiger partial charge in [-0.2, -0.15) is 0 Å². The van der Waals surface area contributed by atoms with E-state index >= 15 is 0 Å². The highest BCUT2D eigenvalue weighted by Crippen LogP contribution is 2.10. The molecule has 0 spiro atoms. The zero-order valence-electron chi connectivity index (χ0n) is 9.98. The number of rotatable bonds is 3. The number of hydrogen-bond acceptors (Lipinski definition) is 2. The molecule has 0 saturated heterocycles. The summed E-state index contributed by atoms with van der Waals surface area (Å²) in [5.74, 6) is -0.137. The van der Waals surface area contributed by atoms with E-state index in [4.69, 9.17) is 11.6 Å². The minimum absolute atomic E-state index is 0.137. The fourth-order valence-electron chi connectivity index (χ4n) is 1.53. The second kappa shape index (κ2) is 5.65. The molecule has 0 unspecified atom stereocenters. The molecule has 2 rings (SSSR count). The van der Waals surface area contributed by atoms with Gasteiger partial charge >= 0.3 is 0 Å². The third-order valence-corrected chi connectivity index (χ3v) is 2.75. The lowest BCUT2D eigenvalue weighted by Crippen LogP contribution is -2.22. The third-order valence-electron chi connectivity index (χ3n) is 2.52. The van der Waals surface area contributed by atoms with Crippen LogP contribution in [0.2, 0.25) is 5.02 Å². The first-order valence-corrected chi connectivity index (χ1v) is 5.98. The molecule has 1 amide bonds. The van der Waals surface area contributed by atoms with E-state index in [2.05, 4.69) is 10.3 Å². The first kappa shape index (κ1) is 12.6. The SMILES string of the molecule is Cc1ccc(C(=O)NCc2cccc(Cl)c2)cn1. The van der Waals surface area contributed by atoms with Crippen molar-refractivity contribution in [3.8, 4) is 0 Å². The maximum atomic E-state index is 11.8. The Morgan fingerprint density at radius 1 is 1.33 bits per heavy atom. The van der Waals surface area contributed by atoms with Crippen LogP contribution in [0, 0.1) is 6.92 Å². The molecule has 1 aromatic carbocycles. The summed E-state index contributed by atoms with van der Waals surface area (Å²) in [5.41, 5.74) is 2.42. The number of carbonyl (C=O) groups excluding carboxylic acids is 1. The van der Waals surface area contributed by atoms with Crippen LogP contribution >= 0.6 is 11.6 Å². The first-order valence-electron chi connectivity index (χ1n) is 5.60. The van der Waals surface area contributed by atoms with Gasteiger partial charge < -0.3 is 5.32 Å². The topological polar surface area (TPSA) is 42.0 Å². The van der Waals surface area contributed by atoms with Gasteiger partial charge in [0, 0.05) is 23.5 Å². The first-order chi connectivity index (χ1) is 8.65. The molecule has 92 valence electrons. The number of amides is 1.